The van der Waals surface area contributed by atoms with Crippen molar-refractivity contribution in [2.75, 3.05) is 49.6 Å². The molecule has 2 saturated heterocycles. The van der Waals surface area contributed by atoms with E-state index in [1.165, 1.54) is 18.4 Å². The lowest BCUT2D eigenvalue weighted by atomic mass is 10.1. The summed E-state index contributed by atoms with van der Waals surface area (Å²) in [5.41, 5.74) is 2.73. The molecular weight excluding hydrogens is 424 g/mol. The fourth-order valence-corrected chi connectivity index (χ4v) is 5.57. The van der Waals surface area contributed by atoms with Crippen LogP contribution in [0.4, 0.5) is 11.8 Å². The third-order valence-electron chi connectivity index (χ3n) is 6.53. The van der Waals surface area contributed by atoms with Gasteiger partial charge in [0.15, 0.2) is 0 Å². The lowest BCUT2D eigenvalue weighted by molar-refractivity contribution is 0.122. The maximum Gasteiger partial charge on any atom is 0.264 e. The highest BCUT2D eigenvalue weighted by Crippen LogP contribution is 2.42. The second kappa shape index (κ2) is 8.46. The van der Waals surface area contributed by atoms with Gasteiger partial charge in [0.25, 0.3) is 5.56 Å². The summed E-state index contributed by atoms with van der Waals surface area (Å²) in [4.78, 5) is 28.2. The highest BCUT2D eigenvalue weighted by Gasteiger charge is 2.26. The standard InChI is InChI=1S/C23H28N6O2S/c30-21-19(22-26-17-12-15(14-3-4-14)5-6-18(17)32-22)20(25-16-2-1-7-24-13-16)27-23(28-21)29-8-10-31-11-9-29/h5-6,12,14,16,24H,1-4,7-11,13H2,(H2,25,27,28,30)/t16-/m1/s1. The molecule has 9 heteroatoms. The van der Waals surface area contributed by atoms with Gasteiger partial charge in [-0.3, -0.25) is 9.78 Å². The highest BCUT2D eigenvalue weighted by atomic mass is 32.1. The summed E-state index contributed by atoms with van der Waals surface area (Å²) in [6.07, 6.45) is 4.69. The van der Waals surface area contributed by atoms with Crippen LogP contribution < -0.4 is 21.1 Å². The SMILES string of the molecule is O=c1[nH]c(N2CCOCC2)nc(N[C@@H]2CCCNC2)c1-c1nc2cc(C3CC3)ccc2s1. The smallest absolute Gasteiger partial charge is 0.264 e. The molecule has 0 unspecified atom stereocenters. The van der Waals surface area contributed by atoms with Crippen molar-refractivity contribution in [1.29, 1.82) is 0 Å². The Bertz CT molecular complexity index is 1170. The number of piperidine rings is 1. The molecule has 3 fully saturated rings. The van der Waals surface area contributed by atoms with Gasteiger partial charge in [-0.25, -0.2) is 4.98 Å². The molecule has 0 spiro atoms. The monoisotopic (exact) mass is 452 g/mol. The van der Waals surface area contributed by atoms with Gasteiger partial charge in [-0.1, -0.05) is 6.07 Å². The number of morpholine rings is 1. The Morgan fingerprint density at radius 3 is 2.81 bits per heavy atom. The number of nitrogens with zero attached hydrogens (tertiary/aromatic N) is 3. The molecule has 6 rings (SSSR count). The molecule has 1 aliphatic carbocycles. The van der Waals surface area contributed by atoms with Crippen molar-refractivity contribution in [2.24, 2.45) is 0 Å². The molecule has 1 atom stereocenters. The average Bonchev–Trinajstić information content (AvgIpc) is 3.59. The Hall–Kier alpha value is -2.49. The number of H-pyrrole nitrogens is 1. The van der Waals surface area contributed by atoms with E-state index in [1.54, 1.807) is 11.3 Å². The maximum absolute atomic E-state index is 13.4. The number of benzene rings is 1. The fraction of sp³-hybridized carbons (Fsp3) is 0.522. The minimum absolute atomic E-state index is 0.144. The first-order chi connectivity index (χ1) is 15.7. The van der Waals surface area contributed by atoms with Crippen molar-refractivity contribution in [3.8, 4) is 10.6 Å². The highest BCUT2D eigenvalue weighted by molar-refractivity contribution is 7.21. The van der Waals surface area contributed by atoms with Gasteiger partial charge < -0.3 is 20.3 Å². The zero-order chi connectivity index (χ0) is 21.5. The first kappa shape index (κ1) is 20.1. The van der Waals surface area contributed by atoms with Crippen molar-refractivity contribution in [3.05, 3.63) is 34.1 Å². The fourth-order valence-electron chi connectivity index (χ4n) is 4.58. The van der Waals surface area contributed by atoms with Gasteiger partial charge in [0, 0.05) is 25.7 Å². The maximum atomic E-state index is 13.4. The summed E-state index contributed by atoms with van der Waals surface area (Å²) in [7, 11) is 0. The molecule has 0 radical (unpaired) electrons. The number of nitrogens with one attached hydrogen (secondary N) is 3. The molecule has 2 aromatic heterocycles. The minimum atomic E-state index is -0.144. The van der Waals surface area contributed by atoms with Gasteiger partial charge in [-0.05, 0) is 55.8 Å². The van der Waals surface area contributed by atoms with Crippen molar-refractivity contribution >= 4 is 33.3 Å². The first-order valence-electron chi connectivity index (χ1n) is 11.6. The molecule has 3 aliphatic rings. The minimum Gasteiger partial charge on any atom is -0.378 e. The second-order valence-electron chi connectivity index (χ2n) is 8.92. The van der Waals surface area contributed by atoms with E-state index in [-0.39, 0.29) is 11.6 Å². The largest absolute Gasteiger partial charge is 0.378 e. The topological polar surface area (TPSA) is 95.2 Å². The number of anilines is 2. The Kier molecular flexibility index (Phi) is 5.32. The number of rotatable bonds is 5. The van der Waals surface area contributed by atoms with Gasteiger partial charge in [0.05, 0.1) is 23.4 Å². The third-order valence-corrected chi connectivity index (χ3v) is 7.58. The summed E-state index contributed by atoms with van der Waals surface area (Å²) in [5, 5.41) is 7.73. The third kappa shape index (κ3) is 4.00. The van der Waals surface area contributed by atoms with Gasteiger partial charge in [0.2, 0.25) is 5.95 Å². The van der Waals surface area contributed by atoms with E-state index >= 15 is 0 Å². The average molecular weight is 453 g/mol. The number of ether oxygens (including phenoxy) is 1. The zero-order valence-corrected chi connectivity index (χ0v) is 18.8. The van der Waals surface area contributed by atoms with Crippen LogP contribution in [0.25, 0.3) is 20.8 Å². The van der Waals surface area contributed by atoms with Crippen LogP contribution in [0, 0.1) is 0 Å². The lowest BCUT2D eigenvalue weighted by Gasteiger charge is -2.29. The molecule has 0 bridgehead atoms. The summed E-state index contributed by atoms with van der Waals surface area (Å²) in [5.74, 6) is 1.91. The van der Waals surface area contributed by atoms with Gasteiger partial charge in [0.1, 0.15) is 16.4 Å². The molecule has 8 nitrogen and oxygen atoms in total. The number of fused-ring (bicyclic) bond motifs is 1. The van der Waals surface area contributed by atoms with Crippen LogP contribution in [-0.4, -0.2) is 60.4 Å². The quantitative estimate of drug-likeness (QED) is 0.548. The Morgan fingerprint density at radius 2 is 2.03 bits per heavy atom. The lowest BCUT2D eigenvalue weighted by Crippen LogP contribution is -2.40. The summed E-state index contributed by atoms with van der Waals surface area (Å²) in [6.45, 7) is 4.62. The Morgan fingerprint density at radius 1 is 1.16 bits per heavy atom. The van der Waals surface area contributed by atoms with Crippen LogP contribution in [0.3, 0.4) is 0 Å². The predicted molar refractivity (Wildman–Crippen MR) is 128 cm³/mol. The van der Waals surface area contributed by atoms with Gasteiger partial charge in [-0.2, -0.15) is 4.98 Å². The van der Waals surface area contributed by atoms with Crippen LogP contribution in [0.5, 0.6) is 0 Å². The zero-order valence-electron chi connectivity index (χ0n) is 18.0. The van der Waals surface area contributed by atoms with Crippen LogP contribution >= 0.6 is 11.3 Å². The normalized spacial score (nSPS) is 21.8. The van der Waals surface area contributed by atoms with E-state index < -0.39 is 0 Å². The molecule has 4 heterocycles. The molecule has 3 N–H and O–H groups in total. The molecule has 0 amide bonds. The van der Waals surface area contributed by atoms with E-state index in [1.807, 2.05) is 0 Å². The van der Waals surface area contributed by atoms with Crippen LogP contribution in [0.1, 0.15) is 37.2 Å². The van der Waals surface area contributed by atoms with Crippen molar-refractivity contribution in [1.82, 2.24) is 20.3 Å². The van der Waals surface area contributed by atoms with Crippen molar-refractivity contribution < 1.29 is 4.74 Å². The van der Waals surface area contributed by atoms with Gasteiger partial charge >= 0.3 is 0 Å². The Labute approximate surface area is 190 Å². The summed E-state index contributed by atoms with van der Waals surface area (Å²) < 4.78 is 6.57. The van der Waals surface area contributed by atoms with Crippen molar-refractivity contribution in [2.45, 2.75) is 37.6 Å². The molecule has 32 heavy (non-hydrogen) atoms. The van der Waals surface area contributed by atoms with Crippen molar-refractivity contribution in [3.63, 3.8) is 0 Å². The molecule has 168 valence electrons. The van der Waals surface area contributed by atoms with E-state index in [9.17, 15) is 4.79 Å². The number of aromatic nitrogens is 3. The number of aromatic amines is 1. The molecular formula is C23H28N6O2S. The molecule has 3 aromatic rings. The molecule has 2 aliphatic heterocycles. The van der Waals surface area contributed by atoms with E-state index in [4.69, 9.17) is 14.7 Å². The van der Waals surface area contributed by atoms with E-state index in [2.05, 4.69) is 38.7 Å². The van der Waals surface area contributed by atoms with Crippen LogP contribution in [-0.2, 0) is 4.74 Å². The van der Waals surface area contributed by atoms with E-state index in [0.29, 0.717) is 36.5 Å². The Balaban J connectivity index is 1.41. The van der Waals surface area contributed by atoms with Gasteiger partial charge in [-0.15, -0.1) is 11.3 Å². The summed E-state index contributed by atoms with van der Waals surface area (Å²) in [6, 6.07) is 6.78. The predicted octanol–water partition coefficient (Wildman–Crippen LogP) is 2.92. The number of hydrogen-bond donors (Lipinski definition) is 3. The summed E-state index contributed by atoms with van der Waals surface area (Å²) >= 11 is 1.56. The van der Waals surface area contributed by atoms with Crippen LogP contribution in [0.2, 0.25) is 0 Å². The second-order valence-corrected chi connectivity index (χ2v) is 9.95. The van der Waals surface area contributed by atoms with Crippen LogP contribution in [0.15, 0.2) is 23.0 Å². The number of thiazole rings is 1. The molecule has 1 saturated carbocycles. The number of hydrogen-bond acceptors (Lipinski definition) is 8. The first-order valence-corrected chi connectivity index (χ1v) is 12.4. The van der Waals surface area contributed by atoms with E-state index in [0.717, 1.165) is 54.2 Å². The molecule has 1 aromatic carbocycles.